The van der Waals surface area contributed by atoms with Crippen molar-refractivity contribution in [3.63, 3.8) is 0 Å². The third-order valence-corrected chi connectivity index (χ3v) is 2.41. The highest BCUT2D eigenvalue weighted by atomic mass is 14.7. The molecular weight excluding hydrogens is 218 g/mol. The highest BCUT2D eigenvalue weighted by molar-refractivity contribution is 6.06. The summed E-state index contributed by atoms with van der Waals surface area (Å²) in [6.45, 7) is 8.75. The van der Waals surface area contributed by atoms with Crippen LogP contribution in [-0.4, -0.2) is 4.98 Å². The van der Waals surface area contributed by atoms with Crippen molar-refractivity contribution in [1.29, 1.82) is 0 Å². The monoisotopic (exact) mass is 239 g/mol. The molecule has 1 heteroatoms. The number of para-hydroxylation sites is 2. The van der Waals surface area contributed by atoms with Gasteiger partial charge in [-0.3, -0.25) is 0 Å². The van der Waals surface area contributed by atoms with Crippen LogP contribution in [0.2, 0.25) is 0 Å². The number of nitrogens with one attached hydrogen (secondary N) is 1. The summed E-state index contributed by atoms with van der Waals surface area (Å²) in [7, 11) is 0. The van der Waals surface area contributed by atoms with Crippen molar-refractivity contribution in [3.05, 3.63) is 48.5 Å². The molecule has 18 heavy (non-hydrogen) atoms. The number of H-pyrrole nitrogens is 1. The molecule has 1 aromatic heterocycles. The third-order valence-electron chi connectivity index (χ3n) is 2.41. The second-order valence-corrected chi connectivity index (χ2v) is 6.22. The van der Waals surface area contributed by atoms with E-state index in [-0.39, 0.29) is 0 Å². The summed E-state index contributed by atoms with van der Waals surface area (Å²) < 4.78 is 0. The fraction of sp³-hybridized carbons (Fsp3) is 0.294. The Labute approximate surface area is 109 Å². The zero-order valence-corrected chi connectivity index (χ0v) is 11.6. The zero-order chi connectivity index (χ0) is 13.2. The van der Waals surface area contributed by atoms with Gasteiger partial charge in [0.05, 0.1) is 0 Å². The fourth-order valence-corrected chi connectivity index (χ4v) is 1.80. The van der Waals surface area contributed by atoms with Gasteiger partial charge in [-0.2, -0.15) is 0 Å². The predicted octanol–water partition coefficient (Wildman–Crippen LogP) is 5.37. The van der Waals surface area contributed by atoms with Crippen LogP contribution >= 0.6 is 0 Å². The van der Waals surface area contributed by atoms with E-state index in [4.69, 9.17) is 0 Å². The van der Waals surface area contributed by atoms with Gasteiger partial charge in [0.15, 0.2) is 0 Å². The lowest BCUT2D eigenvalue weighted by Crippen LogP contribution is -1.93. The maximum atomic E-state index is 3.38. The molecule has 0 aliphatic rings. The molecule has 94 valence electrons. The minimum absolute atomic E-state index is 0.500. The van der Waals surface area contributed by atoms with E-state index in [2.05, 4.69) is 81.2 Å². The van der Waals surface area contributed by atoms with Gasteiger partial charge in [0.25, 0.3) is 0 Å². The largest absolute Gasteiger partial charge is 0.355 e. The molecule has 0 spiro atoms. The molecule has 0 atom stereocenters. The molecule has 0 amide bonds. The van der Waals surface area contributed by atoms with Gasteiger partial charge in [-0.1, -0.05) is 64.1 Å². The molecule has 3 rings (SSSR count). The number of fused-ring (bicyclic) bond motifs is 3. The van der Waals surface area contributed by atoms with Crippen LogP contribution in [0.1, 0.15) is 27.7 Å². The first-order chi connectivity index (χ1) is 8.45. The van der Waals surface area contributed by atoms with Crippen molar-refractivity contribution in [2.75, 3.05) is 0 Å². The third kappa shape index (κ3) is 3.13. The van der Waals surface area contributed by atoms with Crippen molar-refractivity contribution in [2.24, 2.45) is 5.41 Å². The second kappa shape index (κ2) is 4.85. The Kier molecular flexibility index (Phi) is 3.42. The van der Waals surface area contributed by atoms with E-state index < -0.39 is 0 Å². The van der Waals surface area contributed by atoms with Crippen LogP contribution in [0.3, 0.4) is 0 Å². The summed E-state index contributed by atoms with van der Waals surface area (Å²) >= 11 is 0. The van der Waals surface area contributed by atoms with Crippen molar-refractivity contribution in [1.82, 2.24) is 4.98 Å². The van der Waals surface area contributed by atoms with Gasteiger partial charge in [-0.25, -0.2) is 0 Å². The quantitative estimate of drug-likeness (QED) is 0.542. The standard InChI is InChI=1S/C12H9N.C5H12/c1-3-7-11-9(5-1)10-6-2-4-8-12(10)13-11;1-5(2,3)4/h1-8,13H;1-4H3. The Morgan fingerprint density at radius 2 is 1.00 bits per heavy atom. The highest BCUT2D eigenvalue weighted by Crippen LogP contribution is 2.24. The van der Waals surface area contributed by atoms with Crippen LogP contribution in [0.4, 0.5) is 0 Å². The SMILES string of the molecule is CC(C)(C)C.c1ccc2c(c1)[nH]c1ccccc12. The van der Waals surface area contributed by atoms with Gasteiger partial charge < -0.3 is 4.98 Å². The summed E-state index contributed by atoms with van der Waals surface area (Å²) in [5, 5.41) is 2.61. The number of hydrogen-bond acceptors (Lipinski definition) is 0. The van der Waals surface area contributed by atoms with E-state index in [1.165, 1.54) is 21.8 Å². The van der Waals surface area contributed by atoms with E-state index in [1.807, 2.05) is 0 Å². The summed E-state index contributed by atoms with van der Waals surface area (Å²) in [4.78, 5) is 3.38. The average molecular weight is 239 g/mol. The van der Waals surface area contributed by atoms with Crippen LogP contribution in [0.15, 0.2) is 48.5 Å². The molecule has 0 fully saturated rings. The number of aromatic nitrogens is 1. The van der Waals surface area contributed by atoms with E-state index in [1.54, 1.807) is 0 Å². The molecular formula is C17H21N. The first kappa shape index (κ1) is 12.7. The molecule has 0 aliphatic heterocycles. The summed E-state index contributed by atoms with van der Waals surface area (Å²) in [5.74, 6) is 0. The van der Waals surface area contributed by atoms with Crippen molar-refractivity contribution in [3.8, 4) is 0 Å². The molecule has 0 saturated carbocycles. The van der Waals surface area contributed by atoms with Gasteiger partial charge in [0.1, 0.15) is 0 Å². The fourth-order valence-electron chi connectivity index (χ4n) is 1.80. The Morgan fingerprint density at radius 1 is 0.667 bits per heavy atom. The van der Waals surface area contributed by atoms with E-state index in [0.717, 1.165) is 0 Å². The summed E-state index contributed by atoms with van der Waals surface area (Å²) in [6.07, 6.45) is 0. The van der Waals surface area contributed by atoms with Crippen molar-refractivity contribution in [2.45, 2.75) is 27.7 Å². The molecule has 2 aromatic carbocycles. The molecule has 0 bridgehead atoms. The van der Waals surface area contributed by atoms with Crippen LogP contribution in [0.25, 0.3) is 21.8 Å². The Hall–Kier alpha value is -1.76. The van der Waals surface area contributed by atoms with E-state index >= 15 is 0 Å². The van der Waals surface area contributed by atoms with Crippen LogP contribution < -0.4 is 0 Å². The molecule has 1 N–H and O–H groups in total. The van der Waals surface area contributed by atoms with Crippen LogP contribution in [-0.2, 0) is 0 Å². The Balaban J connectivity index is 0.000000209. The molecule has 0 radical (unpaired) electrons. The lowest BCUT2D eigenvalue weighted by molar-refractivity contribution is 0.469. The smallest absolute Gasteiger partial charge is 0.0464 e. The maximum Gasteiger partial charge on any atom is 0.0464 e. The molecule has 1 nitrogen and oxygen atoms in total. The molecule has 0 saturated heterocycles. The zero-order valence-electron chi connectivity index (χ0n) is 11.6. The van der Waals surface area contributed by atoms with E-state index in [9.17, 15) is 0 Å². The van der Waals surface area contributed by atoms with Gasteiger partial charge in [0.2, 0.25) is 0 Å². The molecule has 0 unspecified atom stereocenters. The van der Waals surface area contributed by atoms with Crippen LogP contribution in [0, 0.1) is 5.41 Å². The van der Waals surface area contributed by atoms with Crippen LogP contribution in [0.5, 0.6) is 0 Å². The van der Waals surface area contributed by atoms with Crippen molar-refractivity contribution >= 4 is 21.8 Å². The number of aromatic amines is 1. The minimum atomic E-state index is 0.500. The lowest BCUT2D eigenvalue weighted by Gasteiger charge is -2.05. The average Bonchev–Trinajstić information content (AvgIpc) is 2.65. The maximum absolute atomic E-state index is 3.38. The second-order valence-electron chi connectivity index (χ2n) is 6.22. The lowest BCUT2D eigenvalue weighted by atomic mass is 10.0. The number of hydrogen-bond donors (Lipinski definition) is 1. The molecule has 0 aliphatic carbocycles. The molecule has 3 aromatic rings. The highest BCUT2D eigenvalue weighted by Gasteiger charge is 2.00. The Bertz CT molecular complexity index is 585. The topological polar surface area (TPSA) is 15.8 Å². The number of rotatable bonds is 0. The number of benzene rings is 2. The summed E-state index contributed by atoms with van der Waals surface area (Å²) in [6, 6.07) is 16.8. The van der Waals surface area contributed by atoms with Crippen molar-refractivity contribution < 1.29 is 0 Å². The molecule has 1 heterocycles. The normalized spacial score (nSPS) is 11.3. The summed E-state index contributed by atoms with van der Waals surface area (Å²) in [5.41, 5.74) is 2.92. The van der Waals surface area contributed by atoms with Gasteiger partial charge in [0, 0.05) is 21.8 Å². The first-order valence-corrected chi connectivity index (χ1v) is 6.40. The van der Waals surface area contributed by atoms with E-state index in [0.29, 0.717) is 5.41 Å². The predicted molar refractivity (Wildman–Crippen MR) is 80.9 cm³/mol. The Morgan fingerprint density at radius 3 is 1.39 bits per heavy atom. The van der Waals surface area contributed by atoms with Gasteiger partial charge in [-0.15, -0.1) is 0 Å². The van der Waals surface area contributed by atoms with Gasteiger partial charge in [-0.05, 0) is 17.5 Å². The minimum Gasteiger partial charge on any atom is -0.355 e. The first-order valence-electron chi connectivity index (χ1n) is 6.40. The van der Waals surface area contributed by atoms with Gasteiger partial charge >= 0.3 is 0 Å².